The van der Waals surface area contributed by atoms with Crippen LogP contribution in [-0.2, 0) is 12.8 Å². The molecule has 1 aliphatic rings. The van der Waals surface area contributed by atoms with Gasteiger partial charge in [-0.1, -0.05) is 42.5 Å². The van der Waals surface area contributed by atoms with Crippen LogP contribution in [-0.4, -0.2) is 27.1 Å². The zero-order chi connectivity index (χ0) is 21.8. The Morgan fingerprint density at radius 3 is 2.16 bits per heavy atom. The molecule has 0 saturated heterocycles. The van der Waals surface area contributed by atoms with Gasteiger partial charge in [0.15, 0.2) is 5.11 Å². The molecule has 1 aliphatic carbocycles. The SMILES string of the molecule is Cc1cc(C)nc(NC(=NC2Cc3ccccc3C2)NC(=S)Nc2ccccc2C)n1. The van der Waals surface area contributed by atoms with Crippen molar-refractivity contribution in [2.24, 2.45) is 4.99 Å². The van der Waals surface area contributed by atoms with Crippen LogP contribution >= 0.6 is 12.2 Å². The van der Waals surface area contributed by atoms with E-state index in [4.69, 9.17) is 17.2 Å². The van der Waals surface area contributed by atoms with Gasteiger partial charge in [-0.25, -0.2) is 15.0 Å². The Hall–Kier alpha value is -3.32. The van der Waals surface area contributed by atoms with E-state index in [0.717, 1.165) is 35.5 Å². The second-order valence-corrected chi connectivity index (χ2v) is 8.21. The molecule has 0 amide bonds. The summed E-state index contributed by atoms with van der Waals surface area (Å²) in [6.45, 7) is 5.93. The number of nitrogens with one attached hydrogen (secondary N) is 3. The van der Waals surface area contributed by atoms with Crippen LogP contribution in [0.3, 0.4) is 0 Å². The summed E-state index contributed by atoms with van der Waals surface area (Å²) in [6, 6.07) is 18.6. The molecule has 31 heavy (non-hydrogen) atoms. The highest BCUT2D eigenvalue weighted by atomic mass is 32.1. The maximum Gasteiger partial charge on any atom is 0.229 e. The largest absolute Gasteiger partial charge is 0.332 e. The second-order valence-electron chi connectivity index (χ2n) is 7.80. The molecule has 2 aromatic carbocycles. The lowest BCUT2D eigenvalue weighted by Gasteiger charge is -2.16. The molecule has 0 atom stereocenters. The molecule has 4 rings (SSSR count). The fourth-order valence-electron chi connectivity index (χ4n) is 3.77. The standard InChI is InChI=1S/C24H26N6S/c1-15-8-4-7-11-21(15)28-24(31)30-23(29-22-25-16(2)12-17(3)26-22)27-20-13-18-9-5-6-10-19(18)14-20/h4-12,20H,13-14H2,1-3H3,(H3,25,26,27,28,29,30,31). The quantitative estimate of drug-likeness (QED) is 0.326. The first kappa shape index (κ1) is 20.9. The zero-order valence-corrected chi connectivity index (χ0v) is 18.8. The van der Waals surface area contributed by atoms with Crippen LogP contribution in [0.2, 0.25) is 0 Å². The molecular weight excluding hydrogens is 404 g/mol. The third-order valence-corrected chi connectivity index (χ3v) is 5.38. The van der Waals surface area contributed by atoms with E-state index in [1.807, 2.05) is 51.1 Å². The third kappa shape index (κ3) is 5.44. The first-order valence-corrected chi connectivity index (χ1v) is 10.7. The van der Waals surface area contributed by atoms with Crippen LogP contribution < -0.4 is 16.0 Å². The van der Waals surface area contributed by atoms with Crippen molar-refractivity contribution in [3.8, 4) is 0 Å². The Bertz CT molecular complexity index is 1100. The predicted octanol–water partition coefficient (Wildman–Crippen LogP) is 4.32. The molecular formula is C24H26N6S. The molecule has 3 N–H and O–H groups in total. The molecule has 0 aliphatic heterocycles. The van der Waals surface area contributed by atoms with Crippen molar-refractivity contribution < 1.29 is 0 Å². The first-order valence-electron chi connectivity index (χ1n) is 10.3. The Kier molecular flexibility index (Phi) is 6.23. The number of aryl methyl sites for hydroxylation is 3. The monoisotopic (exact) mass is 430 g/mol. The number of aliphatic imine (C=N–C) groups is 1. The van der Waals surface area contributed by atoms with Crippen LogP contribution in [0.25, 0.3) is 0 Å². The van der Waals surface area contributed by atoms with Crippen molar-refractivity contribution in [3.05, 3.63) is 82.7 Å². The van der Waals surface area contributed by atoms with Gasteiger partial charge >= 0.3 is 0 Å². The van der Waals surface area contributed by atoms with Crippen LogP contribution in [0.4, 0.5) is 11.6 Å². The number of para-hydroxylation sites is 1. The summed E-state index contributed by atoms with van der Waals surface area (Å²) < 4.78 is 0. The van der Waals surface area contributed by atoms with Crippen molar-refractivity contribution in [1.29, 1.82) is 0 Å². The number of hydrogen-bond acceptors (Lipinski definition) is 4. The minimum absolute atomic E-state index is 0.125. The summed E-state index contributed by atoms with van der Waals surface area (Å²) in [5.74, 6) is 1.03. The van der Waals surface area contributed by atoms with Gasteiger partial charge in [-0.15, -0.1) is 0 Å². The van der Waals surface area contributed by atoms with E-state index in [2.05, 4.69) is 50.2 Å². The maximum absolute atomic E-state index is 5.57. The van der Waals surface area contributed by atoms with Gasteiger partial charge in [0, 0.05) is 17.1 Å². The first-order chi connectivity index (χ1) is 15.0. The van der Waals surface area contributed by atoms with Gasteiger partial charge in [-0.3, -0.25) is 5.32 Å². The van der Waals surface area contributed by atoms with Gasteiger partial charge < -0.3 is 10.6 Å². The Morgan fingerprint density at radius 2 is 1.52 bits per heavy atom. The fourth-order valence-corrected chi connectivity index (χ4v) is 3.97. The highest BCUT2D eigenvalue weighted by Gasteiger charge is 2.21. The van der Waals surface area contributed by atoms with Gasteiger partial charge in [-0.2, -0.15) is 0 Å². The highest BCUT2D eigenvalue weighted by Crippen LogP contribution is 2.24. The van der Waals surface area contributed by atoms with Crippen LogP contribution in [0.5, 0.6) is 0 Å². The molecule has 0 fully saturated rings. The third-order valence-electron chi connectivity index (χ3n) is 5.18. The topological polar surface area (TPSA) is 74.2 Å². The molecule has 158 valence electrons. The summed E-state index contributed by atoms with van der Waals surface area (Å²) in [4.78, 5) is 13.9. The maximum atomic E-state index is 5.57. The van der Waals surface area contributed by atoms with Crippen LogP contribution in [0, 0.1) is 20.8 Å². The van der Waals surface area contributed by atoms with E-state index in [-0.39, 0.29) is 6.04 Å². The predicted molar refractivity (Wildman–Crippen MR) is 131 cm³/mol. The number of fused-ring (bicyclic) bond motifs is 1. The summed E-state index contributed by atoms with van der Waals surface area (Å²) in [6.07, 6.45) is 1.80. The molecule has 0 unspecified atom stereocenters. The van der Waals surface area contributed by atoms with Crippen LogP contribution in [0.15, 0.2) is 59.6 Å². The molecule has 3 aromatic rings. The molecule has 1 aromatic heterocycles. The van der Waals surface area contributed by atoms with E-state index < -0.39 is 0 Å². The van der Waals surface area contributed by atoms with E-state index in [0.29, 0.717) is 17.0 Å². The highest BCUT2D eigenvalue weighted by molar-refractivity contribution is 7.80. The lowest BCUT2D eigenvalue weighted by atomic mass is 10.1. The Balaban J connectivity index is 1.55. The smallest absolute Gasteiger partial charge is 0.229 e. The van der Waals surface area contributed by atoms with Crippen molar-refractivity contribution in [2.45, 2.75) is 39.7 Å². The number of rotatable bonds is 3. The minimum Gasteiger partial charge on any atom is -0.332 e. The van der Waals surface area contributed by atoms with Gasteiger partial charge in [0.05, 0.1) is 6.04 Å². The molecule has 7 heteroatoms. The number of guanidine groups is 1. The number of thiocarbonyl (C=S) groups is 1. The van der Waals surface area contributed by atoms with E-state index in [1.165, 1.54) is 11.1 Å². The van der Waals surface area contributed by atoms with E-state index in [9.17, 15) is 0 Å². The molecule has 0 saturated carbocycles. The van der Waals surface area contributed by atoms with Gasteiger partial charge in [0.1, 0.15) is 0 Å². The average molecular weight is 431 g/mol. The minimum atomic E-state index is 0.125. The molecule has 0 radical (unpaired) electrons. The number of hydrogen-bond donors (Lipinski definition) is 3. The number of benzene rings is 2. The summed E-state index contributed by atoms with van der Waals surface area (Å²) in [5.41, 5.74) is 6.54. The van der Waals surface area contributed by atoms with Crippen LogP contribution in [0.1, 0.15) is 28.1 Å². The van der Waals surface area contributed by atoms with Gasteiger partial charge in [-0.05, 0) is 74.7 Å². The summed E-state index contributed by atoms with van der Waals surface area (Å²) >= 11 is 5.57. The van der Waals surface area contributed by atoms with Crippen molar-refractivity contribution >= 4 is 34.9 Å². The lowest BCUT2D eigenvalue weighted by molar-refractivity contribution is 0.720. The van der Waals surface area contributed by atoms with Crippen molar-refractivity contribution in [2.75, 3.05) is 10.6 Å². The summed E-state index contributed by atoms with van der Waals surface area (Å²) in [7, 11) is 0. The van der Waals surface area contributed by atoms with Gasteiger partial charge in [0.25, 0.3) is 0 Å². The molecule has 1 heterocycles. The number of aromatic nitrogens is 2. The number of anilines is 2. The lowest BCUT2D eigenvalue weighted by Crippen LogP contribution is -2.40. The van der Waals surface area contributed by atoms with E-state index >= 15 is 0 Å². The summed E-state index contributed by atoms with van der Waals surface area (Å²) in [5, 5.41) is 10.2. The van der Waals surface area contributed by atoms with Crippen molar-refractivity contribution in [1.82, 2.24) is 15.3 Å². The molecule has 6 nitrogen and oxygen atoms in total. The Labute approximate surface area is 188 Å². The van der Waals surface area contributed by atoms with Gasteiger partial charge in [0.2, 0.25) is 11.9 Å². The van der Waals surface area contributed by atoms with Crippen molar-refractivity contribution in [3.63, 3.8) is 0 Å². The normalized spacial score (nSPS) is 13.6. The average Bonchev–Trinajstić information content (AvgIpc) is 3.11. The molecule has 0 bridgehead atoms. The second kappa shape index (κ2) is 9.22. The number of nitrogens with zero attached hydrogens (tertiary/aromatic N) is 3. The fraction of sp³-hybridized carbons (Fsp3) is 0.250. The molecule has 0 spiro atoms. The van der Waals surface area contributed by atoms with E-state index in [1.54, 1.807) is 0 Å². The Morgan fingerprint density at radius 1 is 0.903 bits per heavy atom. The zero-order valence-electron chi connectivity index (χ0n) is 17.9.